The summed E-state index contributed by atoms with van der Waals surface area (Å²) >= 11 is 0. The number of rotatable bonds is 43. The molecule has 1 saturated carbocycles. The molecule has 0 heterocycles. The van der Waals surface area contributed by atoms with Crippen LogP contribution in [0, 0.1) is 23.7 Å². The average Bonchev–Trinajstić information content (AvgIpc) is 3.28. The molecule has 0 aromatic carbocycles. The first-order valence-corrected chi connectivity index (χ1v) is 25.4. The Bertz CT molecular complexity index is 1580. The zero-order valence-electron chi connectivity index (χ0n) is 40.6. The SMILES string of the molecule is CC(CCC(=O)O)NC(=O)C(CCC(=O)O)CC(=O)C(CCC(=O)O)NC(=O)CCC(CC(=O)C1CCC(CNC(=O)CCCCCCCCCCCCCCCCCCC(=O)O)CC1)C(=O)O. The molecule has 1 fully saturated rings. The van der Waals surface area contributed by atoms with Crippen molar-refractivity contribution < 1.29 is 73.5 Å². The number of carboxylic acids is 5. The van der Waals surface area contributed by atoms with Crippen molar-refractivity contribution in [2.75, 3.05) is 6.54 Å². The maximum absolute atomic E-state index is 13.4. The van der Waals surface area contributed by atoms with Gasteiger partial charge in [0.15, 0.2) is 5.78 Å². The van der Waals surface area contributed by atoms with Crippen LogP contribution in [0.15, 0.2) is 0 Å². The molecule has 1 aliphatic rings. The van der Waals surface area contributed by atoms with Crippen LogP contribution in [-0.4, -0.2) is 103 Å². The van der Waals surface area contributed by atoms with Crippen molar-refractivity contribution in [1.29, 1.82) is 0 Å². The molecular weight excluding hydrogens is 883 g/mol. The van der Waals surface area contributed by atoms with Gasteiger partial charge in [0.1, 0.15) is 5.78 Å². The number of carboxylic acid groups (broad SMARTS) is 5. The second kappa shape index (κ2) is 37.1. The van der Waals surface area contributed by atoms with E-state index in [9.17, 15) is 63.3 Å². The number of hydrogen-bond acceptors (Lipinski definition) is 10. The highest BCUT2D eigenvalue weighted by Crippen LogP contribution is 2.31. The van der Waals surface area contributed by atoms with E-state index in [1.165, 1.54) is 64.2 Å². The number of carbonyl (C=O) groups is 10. The predicted octanol–water partition coefficient (Wildman–Crippen LogP) is 7.61. The molecule has 4 unspecified atom stereocenters. The molecule has 0 aromatic heterocycles. The summed E-state index contributed by atoms with van der Waals surface area (Å²) in [7, 11) is 0. The fourth-order valence-electron chi connectivity index (χ4n) is 8.73. The van der Waals surface area contributed by atoms with Crippen molar-refractivity contribution in [2.45, 2.75) is 224 Å². The smallest absolute Gasteiger partial charge is 0.306 e. The highest BCUT2D eigenvalue weighted by atomic mass is 16.4. The molecule has 388 valence electrons. The minimum Gasteiger partial charge on any atom is -0.481 e. The van der Waals surface area contributed by atoms with Crippen molar-refractivity contribution in [1.82, 2.24) is 16.0 Å². The van der Waals surface area contributed by atoms with Gasteiger partial charge in [-0.15, -0.1) is 0 Å². The number of aliphatic carboxylic acids is 5. The van der Waals surface area contributed by atoms with Crippen LogP contribution in [0.3, 0.4) is 0 Å². The van der Waals surface area contributed by atoms with Gasteiger partial charge in [-0.05, 0) is 77.0 Å². The van der Waals surface area contributed by atoms with Gasteiger partial charge in [0.25, 0.3) is 0 Å². The second-order valence-electron chi connectivity index (χ2n) is 19.0. The van der Waals surface area contributed by atoms with Gasteiger partial charge >= 0.3 is 29.8 Å². The number of ketones is 2. The molecule has 0 bridgehead atoms. The Morgan fingerprint density at radius 2 is 0.897 bits per heavy atom. The molecule has 1 aliphatic carbocycles. The van der Waals surface area contributed by atoms with Crippen LogP contribution in [0.1, 0.15) is 212 Å². The molecule has 4 atom stereocenters. The van der Waals surface area contributed by atoms with Crippen molar-refractivity contribution in [3.8, 4) is 0 Å². The maximum atomic E-state index is 13.4. The van der Waals surface area contributed by atoms with E-state index < -0.39 is 90.6 Å². The maximum Gasteiger partial charge on any atom is 0.306 e. The van der Waals surface area contributed by atoms with Gasteiger partial charge in [0, 0.05) is 75.8 Å². The Morgan fingerprint density at radius 3 is 1.38 bits per heavy atom. The molecule has 18 nitrogen and oxygen atoms in total. The number of Topliss-reactive ketones (excluding diaryl/α,β-unsaturated/α-hetero) is 2. The van der Waals surface area contributed by atoms with Crippen LogP contribution in [0.2, 0.25) is 0 Å². The minimum atomic E-state index is -1.38. The Balaban J connectivity index is 2.41. The first-order valence-electron chi connectivity index (χ1n) is 25.4. The standard InChI is InChI=1S/C50H83N3O15/c1-35(20-29-46(60)61)52-49(66)38(26-30-47(62)63)32-42(55)40(27-31-48(64)65)53-44(57)28-25-39(50(67)68)33-41(54)37-23-21-36(22-24-37)34-51-43(56)18-16-14-12-10-8-6-4-2-3-5-7-9-11-13-15-17-19-45(58)59/h35-40H,2-34H2,1H3,(H,51,56)(H,52,66)(H,53,57)(H,58,59)(H,60,61)(H,62,63)(H,64,65)(H,67,68). The Morgan fingerprint density at radius 1 is 0.456 bits per heavy atom. The fourth-order valence-corrected chi connectivity index (χ4v) is 8.73. The molecule has 1 rings (SSSR count). The molecule has 8 N–H and O–H groups in total. The largest absolute Gasteiger partial charge is 0.481 e. The lowest BCUT2D eigenvalue weighted by Crippen LogP contribution is -2.44. The van der Waals surface area contributed by atoms with Gasteiger partial charge in [-0.3, -0.25) is 47.9 Å². The van der Waals surface area contributed by atoms with Crippen LogP contribution in [0.5, 0.6) is 0 Å². The first-order chi connectivity index (χ1) is 32.4. The Kier molecular flexibility index (Phi) is 33.3. The predicted molar refractivity (Wildman–Crippen MR) is 252 cm³/mol. The molecule has 68 heavy (non-hydrogen) atoms. The number of unbranched alkanes of at least 4 members (excludes halogenated alkanes) is 15. The quantitative estimate of drug-likeness (QED) is 0.0273. The lowest BCUT2D eigenvalue weighted by molar-refractivity contribution is -0.145. The van der Waals surface area contributed by atoms with Gasteiger partial charge in [-0.25, -0.2) is 0 Å². The molecule has 0 aromatic rings. The summed E-state index contributed by atoms with van der Waals surface area (Å²) in [6, 6.07) is -1.98. The molecule has 18 heteroatoms. The zero-order chi connectivity index (χ0) is 50.7. The molecule has 0 radical (unpaired) electrons. The van der Waals surface area contributed by atoms with Crippen LogP contribution in [0.25, 0.3) is 0 Å². The number of hydrogen-bond donors (Lipinski definition) is 8. The van der Waals surface area contributed by atoms with Gasteiger partial charge in [0.05, 0.1) is 12.0 Å². The van der Waals surface area contributed by atoms with E-state index in [2.05, 4.69) is 16.0 Å². The minimum absolute atomic E-state index is 0.0241. The summed E-state index contributed by atoms with van der Waals surface area (Å²) in [4.78, 5) is 121. The van der Waals surface area contributed by atoms with Crippen molar-refractivity contribution in [3.05, 3.63) is 0 Å². The lowest BCUT2D eigenvalue weighted by Gasteiger charge is -2.28. The zero-order valence-corrected chi connectivity index (χ0v) is 40.6. The van der Waals surface area contributed by atoms with Crippen LogP contribution >= 0.6 is 0 Å². The van der Waals surface area contributed by atoms with Gasteiger partial charge in [-0.1, -0.05) is 89.9 Å². The van der Waals surface area contributed by atoms with Crippen LogP contribution < -0.4 is 16.0 Å². The van der Waals surface area contributed by atoms with Crippen molar-refractivity contribution in [3.63, 3.8) is 0 Å². The fraction of sp³-hybridized carbons (Fsp3) is 0.800. The van der Waals surface area contributed by atoms with E-state index in [1.807, 2.05) is 0 Å². The normalized spacial score (nSPS) is 16.4. The summed E-state index contributed by atoms with van der Waals surface area (Å²) in [5.74, 6) is -10.4. The highest BCUT2D eigenvalue weighted by molar-refractivity contribution is 5.93. The molecular formula is C50H83N3O15. The van der Waals surface area contributed by atoms with E-state index in [-0.39, 0.29) is 74.9 Å². The summed E-state index contributed by atoms with van der Waals surface area (Å²) in [5, 5.41) is 54.1. The van der Waals surface area contributed by atoms with Crippen LogP contribution in [-0.2, 0) is 47.9 Å². The van der Waals surface area contributed by atoms with Gasteiger partial charge in [-0.2, -0.15) is 0 Å². The monoisotopic (exact) mass is 966 g/mol. The third-order valence-electron chi connectivity index (χ3n) is 13.0. The summed E-state index contributed by atoms with van der Waals surface area (Å²) in [5.41, 5.74) is 0. The summed E-state index contributed by atoms with van der Waals surface area (Å²) < 4.78 is 0. The highest BCUT2D eigenvalue weighted by Gasteiger charge is 2.32. The van der Waals surface area contributed by atoms with Gasteiger partial charge < -0.3 is 41.5 Å². The Labute approximate surface area is 402 Å². The molecule has 0 saturated heterocycles. The van der Waals surface area contributed by atoms with E-state index in [4.69, 9.17) is 10.2 Å². The second-order valence-corrected chi connectivity index (χ2v) is 19.0. The number of amides is 3. The summed E-state index contributed by atoms with van der Waals surface area (Å²) in [6.45, 7) is 2.08. The van der Waals surface area contributed by atoms with E-state index in [1.54, 1.807) is 6.92 Å². The number of carbonyl (C=O) groups excluding carboxylic acids is 5. The average molecular weight is 966 g/mol. The number of nitrogens with one attached hydrogen (secondary N) is 3. The first kappa shape index (κ1) is 61.1. The summed E-state index contributed by atoms with van der Waals surface area (Å²) in [6.07, 6.45) is 18.4. The topological polar surface area (TPSA) is 308 Å². The third-order valence-corrected chi connectivity index (χ3v) is 13.0. The molecule has 3 amide bonds. The Hall–Kier alpha value is -4.90. The van der Waals surface area contributed by atoms with Crippen molar-refractivity contribution in [2.24, 2.45) is 23.7 Å². The molecule has 0 spiro atoms. The van der Waals surface area contributed by atoms with E-state index in [0.717, 1.165) is 38.5 Å². The van der Waals surface area contributed by atoms with Gasteiger partial charge in [0.2, 0.25) is 17.7 Å². The van der Waals surface area contributed by atoms with E-state index >= 15 is 0 Å². The third kappa shape index (κ3) is 32.0. The lowest BCUT2D eigenvalue weighted by atomic mass is 9.78. The van der Waals surface area contributed by atoms with Crippen LogP contribution in [0.4, 0.5) is 0 Å². The molecule has 0 aliphatic heterocycles. The van der Waals surface area contributed by atoms with E-state index in [0.29, 0.717) is 38.6 Å². The van der Waals surface area contributed by atoms with Crippen molar-refractivity contribution >= 4 is 59.1 Å².